The van der Waals surface area contributed by atoms with Gasteiger partial charge >= 0.3 is 5.97 Å². The third kappa shape index (κ3) is 6.03. The molecule has 0 radical (unpaired) electrons. The number of carbonyl (C=O) groups is 4. The van der Waals surface area contributed by atoms with E-state index in [-0.39, 0.29) is 38.7 Å². The van der Waals surface area contributed by atoms with Crippen molar-refractivity contribution in [2.45, 2.75) is 30.8 Å². The topological polar surface area (TPSA) is 159 Å². The average Bonchev–Trinajstić information content (AvgIpc) is 3.60. The number of amides is 3. The SMILES string of the molecule is Cc1coc(C(=O)NC[C@H](NC(=O)c2c(Cl)cc3c(c2Cl)CCN(C(=O)c2ccc4ccoc4c2)C3)C(=O)O)c1S(C)=O. The molecule has 0 bridgehead atoms. The van der Waals surface area contributed by atoms with Gasteiger partial charge < -0.3 is 29.5 Å². The number of carboxylic acid groups (broad SMARTS) is 1. The zero-order valence-corrected chi connectivity index (χ0v) is 25.2. The molecule has 3 amide bonds. The van der Waals surface area contributed by atoms with E-state index in [2.05, 4.69) is 10.6 Å². The molecule has 2 aromatic heterocycles. The Kier molecular flexibility index (Phi) is 8.63. The summed E-state index contributed by atoms with van der Waals surface area (Å²) < 4.78 is 22.6. The standard InChI is InChI=1S/C29H25Cl2N3O8S/c1-14-13-42-24(25(14)43(2)40)27(36)32-11-20(29(38)39)33-26(35)22-19(30)9-17-12-34(7-5-18(17)23(22)31)28(37)16-4-3-15-6-8-41-21(15)10-16/h3-4,6,8-10,13,20H,5,7,11-12H2,1-2H3,(H,32,36)(H,33,35)(H,38,39)/t20-,43?/m0/s1. The van der Waals surface area contributed by atoms with E-state index >= 15 is 0 Å². The maximum atomic E-state index is 13.2. The van der Waals surface area contributed by atoms with Gasteiger partial charge in [-0.2, -0.15) is 0 Å². The second-order valence-electron chi connectivity index (χ2n) is 9.94. The minimum atomic E-state index is -1.55. The number of carboxylic acids is 1. The van der Waals surface area contributed by atoms with Crippen LogP contribution in [0.5, 0.6) is 0 Å². The molecule has 0 spiro atoms. The molecular formula is C29H25Cl2N3O8S. The lowest BCUT2D eigenvalue weighted by Gasteiger charge is -2.30. The molecule has 3 N–H and O–H groups in total. The first-order valence-electron chi connectivity index (χ1n) is 13.0. The van der Waals surface area contributed by atoms with Gasteiger partial charge in [0.25, 0.3) is 17.7 Å². The Morgan fingerprint density at radius 3 is 2.60 bits per heavy atom. The number of fused-ring (bicyclic) bond motifs is 2. The van der Waals surface area contributed by atoms with Gasteiger partial charge in [0.15, 0.2) is 0 Å². The van der Waals surface area contributed by atoms with Gasteiger partial charge in [-0.3, -0.25) is 18.6 Å². The smallest absolute Gasteiger partial charge is 0.328 e. The molecule has 43 heavy (non-hydrogen) atoms. The number of aryl methyl sites for hydroxylation is 1. The van der Waals surface area contributed by atoms with Crippen molar-refractivity contribution in [2.24, 2.45) is 0 Å². The van der Waals surface area contributed by atoms with Crippen LogP contribution in [0.3, 0.4) is 0 Å². The number of halogens is 2. The highest BCUT2D eigenvalue weighted by atomic mass is 35.5. The Morgan fingerprint density at radius 1 is 1.12 bits per heavy atom. The van der Waals surface area contributed by atoms with Crippen LogP contribution in [0.2, 0.25) is 10.0 Å². The normalized spacial score (nSPS) is 14.2. The number of carbonyl (C=O) groups excluding carboxylic acids is 3. The van der Waals surface area contributed by atoms with Crippen LogP contribution < -0.4 is 10.6 Å². The zero-order valence-electron chi connectivity index (χ0n) is 22.9. The van der Waals surface area contributed by atoms with Gasteiger partial charge in [0.1, 0.15) is 11.6 Å². The molecule has 0 saturated heterocycles. The van der Waals surface area contributed by atoms with E-state index in [1.54, 1.807) is 42.4 Å². The van der Waals surface area contributed by atoms with Crippen LogP contribution in [-0.2, 0) is 28.6 Å². The van der Waals surface area contributed by atoms with E-state index in [4.69, 9.17) is 32.0 Å². The fourth-order valence-corrected chi connectivity index (χ4v) is 6.62. The van der Waals surface area contributed by atoms with Crippen LogP contribution in [0.15, 0.2) is 56.6 Å². The predicted octanol–water partition coefficient (Wildman–Crippen LogP) is 4.19. The van der Waals surface area contributed by atoms with Crippen LogP contribution >= 0.6 is 23.2 Å². The summed E-state index contributed by atoms with van der Waals surface area (Å²) in [6.45, 7) is 1.65. The van der Waals surface area contributed by atoms with Crippen molar-refractivity contribution in [3.63, 3.8) is 0 Å². The van der Waals surface area contributed by atoms with Crippen LogP contribution in [0, 0.1) is 6.92 Å². The Labute approximate surface area is 257 Å². The molecule has 1 unspecified atom stereocenters. The number of furan rings is 2. The van der Waals surface area contributed by atoms with Crippen molar-refractivity contribution in [1.82, 2.24) is 15.5 Å². The van der Waals surface area contributed by atoms with Crippen LogP contribution in [0.4, 0.5) is 0 Å². The lowest BCUT2D eigenvalue weighted by molar-refractivity contribution is -0.139. The summed E-state index contributed by atoms with van der Waals surface area (Å²) >= 11 is 13.1. The van der Waals surface area contributed by atoms with Gasteiger partial charge in [-0.05, 0) is 48.7 Å². The molecule has 0 saturated carbocycles. The minimum Gasteiger partial charge on any atom is -0.480 e. The fraction of sp³-hybridized carbons (Fsp3) is 0.241. The zero-order chi connectivity index (χ0) is 31.0. The second-order valence-corrected chi connectivity index (χ2v) is 12.0. The Balaban J connectivity index is 1.29. The first-order chi connectivity index (χ1) is 20.5. The summed E-state index contributed by atoms with van der Waals surface area (Å²) in [7, 11) is -1.52. The maximum Gasteiger partial charge on any atom is 0.328 e. The summed E-state index contributed by atoms with van der Waals surface area (Å²) in [6, 6.07) is 7.01. The largest absolute Gasteiger partial charge is 0.480 e. The molecule has 11 nitrogen and oxygen atoms in total. The summed E-state index contributed by atoms with van der Waals surface area (Å²) in [5.74, 6) is -3.47. The molecule has 4 aromatic rings. The molecule has 3 heterocycles. The molecule has 5 rings (SSSR count). The highest BCUT2D eigenvalue weighted by Crippen LogP contribution is 2.35. The number of rotatable bonds is 8. The van der Waals surface area contributed by atoms with E-state index in [0.717, 1.165) is 5.39 Å². The summed E-state index contributed by atoms with van der Waals surface area (Å²) in [4.78, 5) is 52.8. The monoisotopic (exact) mass is 645 g/mol. The summed E-state index contributed by atoms with van der Waals surface area (Å²) in [5.41, 5.74) is 2.73. The van der Waals surface area contributed by atoms with Crippen molar-refractivity contribution >= 4 is 68.7 Å². The van der Waals surface area contributed by atoms with Crippen molar-refractivity contribution in [3.8, 4) is 0 Å². The molecule has 1 aliphatic heterocycles. The van der Waals surface area contributed by atoms with Crippen molar-refractivity contribution in [1.29, 1.82) is 0 Å². The van der Waals surface area contributed by atoms with Crippen molar-refractivity contribution in [3.05, 3.63) is 86.5 Å². The number of nitrogens with zero attached hydrogens (tertiary/aromatic N) is 1. The number of nitrogens with one attached hydrogen (secondary N) is 2. The summed E-state index contributed by atoms with van der Waals surface area (Å²) in [5, 5.41) is 15.4. The van der Waals surface area contributed by atoms with Gasteiger partial charge in [0.05, 0.1) is 43.8 Å². The number of benzene rings is 2. The molecule has 1 aliphatic rings. The third-order valence-electron chi connectivity index (χ3n) is 7.10. The van der Waals surface area contributed by atoms with Gasteiger partial charge in [0, 0.05) is 42.4 Å². The molecule has 0 aliphatic carbocycles. The van der Waals surface area contributed by atoms with E-state index in [1.165, 1.54) is 18.6 Å². The molecule has 224 valence electrons. The van der Waals surface area contributed by atoms with Gasteiger partial charge in [-0.25, -0.2) is 4.79 Å². The van der Waals surface area contributed by atoms with E-state index in [1.807, 2.05) is 0 Å². The molecule has 0 fully saturated rings. The molecular weight excluding hydrogens is 621 g/mol. The third-order valence-corrected chi connectivity index (χ3v) is 8.90. The van der Waals surface area contributed by atoms with E-state index < -0.39 is 41.2 Å². The second kappa shape index (κ2) is 12.2. The molecule has 2 aromatic carbocycles. The number of hydrogen-bond donors (Lipinski definition) is 3. The minimum absolute atomic E-state index is 0.0261. The molecule has 2 atom stereocenters. The number of hydrogen-bond acceptors (Lipinski definition) is 7. The highest BCUT2D eigenvalue weighted by Gasteiger charge is 2.30. The Bertz CT molecular complexity index is 1810. The van der Waals surface area contributed by atoms with Crippen LogP contribution in [0.25, 0.3) is 11.0 Å². The lowest BCUT2D eigenvalue weighted by atomic mass is 9.96. The van der Waals surface area contributed by atoms with Crippen LogP contribution in [0.1, 0.15) is 48.0 Å². The Morgan fingerprint density at radius 2 is 1.88 bits per heavy atom. The highest BCUT2D eigenvalue weighted by molar-refractivity contribution is 7.84. The Hall–Kier alpha value is -4.13. The van der Waals surface area contributed by atoms with E-state index in [0.29, 0.717) is 40.8 Å². The fourth-order valence-electron chi connectivity index (χ4n) is 4.96. The van der Waals surface area contributed by atoms with Gasteiger partial charge in [-0.15, -0.1) is 0 Å². The average molecular weight is 647 g/mol. The van der Waals surface area contributed by atoms with Crippen molar-refractivity contribution in [2.75, 3.05) is 19.3 Å². The first kappa shape index (κ1) is 30.3. The predicted molar refractivity (Wildman–Crippen MR) is 158 cm³/mol. The molecule has 14 heteroatoms. The lowest BCUT2D eigenvalue weighted by Crippen LogP contribution is -2.48. The number of aliphatic carboxylic acids is 1. The first-order valence-corrected chi connectivity index (χ1v) is 15.3. The quantitative estimate of drug-likeness (QED) is 0.257. The van der Waals surface area contributed by atoms with E-state index in [9.17, 15) is 28.5 Å². The van der Waals surface area contributed by atoms with Crippen LogP contribution in [-0.4, -0.2) is 63.3 Å². The summed E-state index contributed by atoms with van der Waals surface area (Å²) in [6.07, 6.45) is 4.55. The van der Waals surface area contributed by atoms with Crippen molar-refractivity contribution < 1.29 is 37.3 Å². The maximum absolute atomic E-state index is 13.2. The van der Waals surface area contributed by atoms with Gasteiger partial charge in [0.2, 0.25) is 5.76 Å². The van der Waals surface area contributed by atoms with Gasteiger partial charge in [-0.1, -0.05) is 29.3 Å².